The van der Waals surface area contributed by atoms with Crippen molar-refractivity contribution in [2.75, 3.05) is 11.1 Å². The second-order valence-corrected chi connectivity index (χ2v) is 4.64. The summed E-state index contributed by atoms with van der Waals surface area (Å²) in [5.74, 6) is -0.635. The maximum Gasteiger partial charge on any atom is 0.418 e. The Morgan fingerprint density at radius 2 is 1.76 bits per heavy atom. The van der Waals surface area contributed by atoms with Crippen LogP contribution < -0.4 is 11.1 Å². The molecule has 0 aliphatic rings. The Hall–Kier alpha value is -2.31. The van der Waals surface area contributed by atoms with E-state index in [1.54, 1.807) is 19.9 Å². The highest BCUT2D eigenvalue weighted by Gasteiger charge is 2.34. The van der Waals surface area contributed by atoms with E-state index in [2.05, 4.69) is 10.3 Å². The number of benzene rings is 1. The lowest BCUT2D eigenvalue weighted by Gasteiger charge is -2.16. The minimum Gasteiger partial charge on any atom is -0.383 e. The van der Waals surface area contributed by atoms with Gasteiger partial charge in [-0.05, 0) is 43.7 Å². The molecule has 112 valence electrons. The molecule has 0 bridgehead atoms. The number of hydrogen-bond donors (Lipinski definition) is 2. The molecule has 7 heteroatoms. The summed E-state index contributed by atoms with van der Waals surface area (Å²) in [7, 11) is 0. The van der Waals surface area contributed by atoms with Crippen LogP contribution in [0.15, 0.2) is 24.3 Å². The monoisotopic (exact) mass is 299 g/mol. The molecule has 2 aromatic rings. The van der Waals surface area contributed by atoms with Gasteiger partial charge < -0.3 is 11.1 Å². The van der Waals surface area contributed by atoms with E-state index in [1.807, 2.05) is 0 Å². The average Bonchev–Trinajstić information content (AvgIpc) is 2.36. The molecule has 0 radical (unpaired) electrons. The van der Waals surface area contributed by atoms with Crippen LogP contribution in [0.1, 0.15) is 16.8 Å². The molecule has 0 unspecified atom stereocenters. The number of nitrogen functional groups attached to an aromatic ring is 1. The molecule has 0 aliphatic carbocycles. The zero-order chi connectivity index (χ0) is 15.8. The van der Waals surface area contributed by atoms with E-state index < -0.39 is 17.6 Å². The molecule has 0 atom stereocenters. The Labute approximate surface area is 118 Å². The van der Waals surface area contributed by atoms with Crippen molar-refractivity contribution in [1.82, 2.24) is 4.98 Å². The highest BCUT2D eigenvalue weighted by molar-refractivity contribution is 5.67. The van der Waals surface area contributed by atoms with Gasteiger partial charge in [-0.1, -0.05) is 0 Å². The number of nitrogens with two attached hydrogens (primary N) is 1. The number of rotatable bonds is 2. The molecule has 1 aromatic heterocycles. The fraction of sp³-hybridized carbons (Fsp3) is 0.214. The minimum atomic E-state index is -4.66. The second kappa shape index (κ2) is 5.23. The average molecular weight is 299 g/mol. The number of aryl methyl sites for hydroxylation is 2. The zero-order valence-electron chi connectivity index (χ0n) is 11.3. The van der Waals surface area contributed by atoms with Crippen LogP contribution in [0.3, 0.4) is 0 Å². The van der Waals surface area contributed by atoms with Crippen molar-refractivity contribution >= 4 is 17.2 Å². The van der Waals surface area contributed by atoms with E-state index in [0.29, 0.717) is 28.8 Å². The van der Waals surface area contributed by atoms with Gasteiger partial charge in [0.2, 0.25) is 0 Å². The number of hydrogen-bond acceptors (Lipinski definition) is 3. The van der Waals surface area contributed by atoms with E-state index in [1.165, 1.54) is 0 Å². The van der Waals surface area contributed by atoms with Gasteiger partial charge in [-0.15, -0.1) is 0 Å². The summed E-state index contributed by atoms with van der Waals surface area (Å²) in [4.78, 5) is 4.04. The molecular formula is C14H13F4N3. The molecule has 0 saturated heterocycles. The normalized spacial score (nSPS) is 11.5. The third-order valence-electron chi connectivity index (χ3n) is 3.00. The van der Waals surface area contributed by atoms with Gasteiger partial charge >= 0.3 is 6.18 Å². The highest BCUT2D eigenvalue weighted by atomic mass is 19.4. The molecule has 2 rings (SSSR count). The van der Waals surface area contributed by atoms with E-state index >= 15 is 0 Å². The minimum absolute atomic E-state index is 0.238. The Bertz CT molecular complexity index is 681. The summed E-state index contributed by atoms with van der Waals surface area (Å²) in [6.07, 6.45) is -4.66. The predicted octanol–water partition coefficient (Wildman–Crippen LogP) is 4.18. The SMILES string of the molecule is Cc1cc(Nc2ccc(F)cc2C(F)(F)F)c(C)nc1N. The molecule has 0 aliphatic heterocycles. The number of nitrogens with zero attached hydrogens (tertiary/aromatic N) is 1. The van der Waals surface area contributed by atoms with Crippen LogP contribution in [0.25, 0.3) is 0 Å². The number of pyridine rings is 1. The van der Waals surface area contributed by atoms with Crippen molar-refractivity contribution in [3.05, 3.63) is 46.9 Å². The first-order chi connectivity index (χ1) is 9.68. The summed E-state index contributed by atoms with van der Waals surface area (Å²) in [5, 5.41) is 2.64. The van der Waals surface area contributed by atoms with Crippen LogP contribution in [-0.4, -0.2) is 4.98 Å². The van der Waals surface area contributed by atoms with Gasteiger partial charge in [-0.2, -0.15) is 13.2 Å². The van der Waals surface area contributed by atoms with Gasteiger partial charge in [-0.3, -0.25) is 0 Å². The Morgan fingerprint density at radius 1 is 1.10 bits per heavy atom. The van der Waals surface area contributed by atoms with Crippen molar-refractivity contribution in [3.63, 3.8) is 0 Å². The fourth-order valence-electron chi connectivity index (χ4n) is 1.86. The standard InChI is InChI=1S/C14H13F4N3/c1-7-5-12(8(2)20-13(7)19)21-11-4-3-9(15)6-10(11)14(16,17)18/h3-6,21H,1-2H3,(H2,19,20). The molecule has 0 amide bonds. The molecule has 0 saturated carbocycles. The number of halogens is 4. The van der Waals surface area contributed by atoms with Gasteiger partial charge in [0.15, 0.2) is 0 Å². The molecule has 0 fully saturated rings. The van der Waals surface area contributed by atoms with Crippen LogP contribution >= 0.6 is 0 Å². The Balaban J connectivity index is 2.47. The van der Waals surface area contributed by atoms with Gasteiger partial charge in [0, 0.05) is 0 Å². The largest absolute Gasteiger partial charge is 0.418 e. The third-order valence-corrected chi connectivity index (χ3v) is 3.00. The highest BCUT2D eigenvalue weighted by Crippen LogP contribution is 2.37. The van der Waals surface area contributed by atoms with Crippen molar-refractivity contribution in [2.24, 2.45) is 0 Å². The second-order valence-electron chi connectivity index (χ2n) is 4.64. The van der Waals surface area contributed by atoms with E-state index in [-0.39, 0.29) is 5.69 Å². The molecular weight excluding hydrogens is 286 g/mol. The smallest absolute Gasteiger partial charge is 0.383 e. The van der Waals surface area contributed by atoms with Crippen LogP contribution in [0.2, 0.25) is 0 Å². The molecule has 3 N–H and O–H groups in total. The molecule has 21 heavy (non-hydrogen) atoms. The zero-order valence-corrected chi connectivity index (χ0v) is 11.3. The molecule has 0 spiro atoms. The van der Waals surface area contributed by atoms with Crippen LogP contribution in [-0.2, 0) is 6.18 Å². The first-order valence-electron chi connectivity index (χ1n) is 6.06. The maximum atomic E-state index is 13.1. The van der Waals surface area contributed by atoms with Gasteiger partial charge in [0.25, 0.3) is 0 Å². The Morgan fingerprint density at radius 3 is 2.38 bits per heavy atom. The van der Waals surface area contributed by atoms with E-state index in [0.717, 1.165) is 12.1 Å². The van der Waals surface area contributed by atoms with Crippen molar-refractivity contribution in [3.8, 4) is 0 Å². The van der Waals surface area contributed by atoms with Crippen LogP contribution in [0.4, 0.5) is 34.8 Å². The van der Waals surface area contributed by atoms with Gasteiger partial charge in [0.1, 0.15) is 11.6 Å². The first kappa shape index (κ1) is 15.1. The molecule has 3 nitrogen and oxygen atoms in total. The predicted molar refractivity (Wildman–Crippen MR) is 72.8 cm³/mol. The number of alkyl halides is 3. The Kier molecular flexibility index (Phi) is 3.76. The molecule has 1 aromatic carbocycles. The summed E-state index contributed by atoms with van der Waals surface area (Å²) in [6, 6.07) is 4.06. The summed E-state index contributed by atoms with van der Waals surface area (Å²) >= 11 is 0. The lowest BCUT2D eigenvalue weighted by Crippen LogP contribution is -2.10. The number of aromatic nitrogens is 1. The van der Waals surface area contributed by atoms with Gasteiger partial charge in [-0.25, -0.2) is 9.37 Å². The first-order valence-corrected chi connectivity index (χ1v) is 6.06. The summed E-state index contributed by atoms with van der Waals surface area (Å²) in [5.41, 5.74) is 5.80. The number of nitrogens with one attached hydrogen (secondary N) is 1. The fourth-order valence-corrected chi connectivity index (χ4v) is 1.86. The van der Waals surface area contributed by atoms with Gasteiger partial charge in [0.05, 0.1) is 22.6 Å². The quantitative estimate of drug-likeness (QED) is 0.818. The summed E-state index contributed by atoms with van der Waals surface area (Å²) in [6.45, 7) is 3.32. The third kappa shape index (κ3) is 3.24. The molecule has 1 heterocycles. The lowest BCUT2D eigenvalue weighted by atomic mass is 10.1. The van der Waals surface area contributed by atoms with E-state index in [4.69, 9.17) is 5.73 Å². The number of anilines is 3. The van der Waals surface area contributed by atoms with Crippen molar-refractivity contribution in [1.29, 1.82) is 0 Å². The van der Waals surface area contributed by atoms with Crippen molar-refractivity contribution in [2.45, 2.75) is 20.0 Å². The van der Waals surface area contributed by atoms with E-state index in [9.17, 15) is 17.6 Å². The topological polar surface area (TPSA) is 50.9 Å². The van der Waals surface area contributed by atoms with Crippen molar-refractivity contribution < 1.29 is 17.6 Å². The summed E-state index contributed by atoms with van der Waals surface area (Å²) < 4.78 is 51.9. The lowest BCUT2D eigenvalue weighted by molar-refractivity contribution is -0.137. The van der Waals surface area contributed by atoms with Crippen LogP contribution in [0.5, 0.6) is 0 Å². The maximum absolute atomic E-state index is 13.1. The van der Waals surface area contributed by atoms with Crippen LogP contribution in [0, 0.1) is 19.7 Å².